The number of aromatic nitrogens is 3. The van der Waals surface area contributed by atoms with Gasteiger partial charge in [0.05, 0.1) is 23.7 Å². The van der Waals surface area contributed by atoms with Crippen LogP contribution in [0.15, 0.2) is 72.1 Å². The summed E-state index contributed by atoms with van der Waals surface area (Å²) in [5, 5.41) is 6.43. The van der Waals surface area contributed by atoms with Gasteiger partial charge in [0.1, 0.15) is 11.9 Å². The summed E-state index contributed by atoms with van der Waals surface area (Å²) in [6, 6.07) is 19.7. The van der Waals surface area contributed by atoms with E-state index in [-0.39, 0.29) is 23.7 Å². The average Bonchev–Trinajstić information content (AvgIpc) is 3.50. The first-order valence-corrected chi connectivity index (χ1v) is 10.8. The number of rotatable bonds is 4. The number of halogens is 1. The molecule has 4 aromatic rings. The lowest BCUT2D eigenvalue weighted by atomic mass is 10.1. The minimum absolute atomic E-state index is 0.112. The number of hydrogen-bond acceptors (Lipinski definition) is 5. The number of morpholine rings is 1. The van der Waals surface area contributed by atoms with Gasteiger partial charge in [-0.15, -0.1) is 16.4 Å². The molecule has 1 aliphatic heterocycles. The fourth-order valence-electron chi connectivity index (χ4n) is 3.57. The lowest BCUT2D eigenvalue weighted by molar-refractivity contribution is -0.0232. The molecular formula is C23H19FN4O2S. The van der Waals surface area contributed by atoms with Gasteiger partial charge in [-0.3, -0.25) is 4.79 Å². The van der Waals surface area contributed by atoms with E-state index in [0.717, 1.165) is 10.4 Å². The number of ether oxygens (including phenoxy) is 1. The summed E-state index contributed by atoms with van der Waals surface area (Å²) >= 11 is 1.50. The molecule has 0 radical (unpaired) electrons. The van der Waals surface area contributed by atoms with E-state index in [9.17, 15) is 9.18 Å². The maximum Gasteiger partial charge on any atom is 0.293 e. The van der Waals surface area contributed by atoms with Crippen LogP contribution >= 0.6 is 11.3 Å². The van der Waals surface area contributed by atoms with E-state index in [0.29, 0.717) is 31.2 Å². The van der Waals surface area contributed by atoms with Crippen molar-refractivity contribution >= 4 is 17.2 Å². The molecule has 0 N–H and O–H groups in total. The number of hydrogen-bond donors (Lipinski definition) is 0. The molecule has 3 heterocycles. The smallest absolute Gasteiger partial charge is 0.293 e. The fourth-order valence-corrected chi connectivity index (χ4v) is 4.27. The quantitative estimate of drug-likeness (QED) is 0.479. The van der Waals surface area contributed by atoms with E-state index < -0.39 is 0 Å². The third-order valence-corrected chi connectivity index (χ3v) is 6.00. The van der Waals surface area contributed by atoms with Crippen molar-refractivity contribution in [3.63, 3.8) is 0 Å². The Bertz CT molecular complexity index is 1180. The SMILES string of the molecule is O=C(c1nc(-c2cccs2)n(-c2ccc(F)cc2)n1)N1CCOC(c2ccccc2)C1. The molecule has 0 bridgehead atoms. The van der Waals surface area contributed by atoms with Crippen LogP contribution in [0.5, 0.6) is 0 Å². The van der Waals surface area contributed by atoms with Crippen LogP contribution in [0.3, 0.4) is 0 Å². The summed E-state index contributed by atoms with van der Waals surface area (Å²) in [5.41, 5.74) is 1.67. The Hall–Kier alpha value is -3.36. The van der Waals surface area contributed by atoms with Gasteiger partial charge in [-0.1, -0.05) is 36.4 Å². The lowest BCUT2D eigenvalue weighted by Crippen LogP contribution is -2.42. The van der Waals surface area contributed by atoms with Crippen LogP contribution in [0.1, 0.15) is 22.3 Å². The zero-order valence-electron chi connectivity index (χ0n) is 16.5. The van der Waals surface area contributed by atoms with Crippen LogP contribution in [-0.2, 0) is 4.74 Å². The predicted octanol–water partition coefficient (Wildman–Crippen LogP) is 4.35. The molecular weight excluding hydrogens is 415 g/mol. The van der Waals surface area contributed by atoms with Crippen molar-refractivity contribution in [3.8, 4) is 16.4 Å². The Morgan fingerprint density at radius 3 is 2.61 bits per heavy atom. The first kappa shape index (κ1) is 19.6. The molecule has 1 saturated heterocycles. The number of benzene rings is 2. The highest BCUT2D eigenvalue weighted by Crippen LogP contribution is 2.27. The Morgan fingerprint density at radius 2 is 1.87 bits per heavy atom. The van der Waals surface area contributed by atoms with E-state index in [1.165, 1.54) is 23.5 Å². The first-order chi connectivity index (χ1) is 15.2. The number of carbonyl (C=O) groups excluding carboxylic acids is 1. The average molecular weight is 434 g/mol. The monoisotopic (exact) mass is 434 g/mol. The van der Waals surface area contributed by atoms with E-state index >= 15 is 0 Å². The van der Waals surface area contributed by atoms with Crippen molar-refractivity contribution in [1.82, 2.24) is 19.7 Å². The molecule has 31 heavy (non-hydrogen) atoms. The zero-order valence-corrected chi connectivity index (χ0v) is 17.3. The second kappa shape index (κ2) is 8.41. The summed E-state index contributed by atoms with van der Waals surface area (Å²) < 4.78 is 20.9. The largest absolute Gasteiger partial charge is 0.370 e. The molecule has 8 heteroatoms. The van der Waals surface area contributed by atoms with Crippen LogP contribution in [0.2, 0.25) is 0 Å². The molecule has 2 aromatic carbocycles. The molecule has 1 aliphatic rings. The van der Waals surface area contributed by atoms with Crippen LogP contribution < -0.4 is 0 Å². The third kappa shape index (κ3) is 3.99. The first-order valence-electron chi connectivity index (χ1n) is 9.92. The Labute approximate surface area is 182 Å². The van der Waals surface area contributed by atoms with Gasteiger partial charge < -0.3 is 9.64 Å². The van der Waals surface area contributed by atoms with Gasteiger partial charge in [-0.2, -0.15) is 0 Å². The van der Waals surface area contributed by atoms with Crippen LogP contribution in [0.25, 0.3) is 16.4 Å². The summed E-state index contributed by atoms with van der Waals surface area (Å²) in [7, 11) is 0. The van der Waals surface area contributed by atoms with Crippen molar-refractivity contribution in [2.75, 3.05) is 19.7 Å². The topological polar surface area (TPSA) is 60.2 Å². The highest BCUT2D eigenvalue weighted by atomic mass is 32.1. The maximum absolute atomic E-state index is 13.4. The second-order valence-corrected chi connectivity index (χ2v) is 8.09. The zero-order chi connectivity index (χ0) is 21.2. The van der Waals surface area contributed by atoms with E-state index in [1.54, 1.807) is 21.7 Å². The van der Waals surface area contributed by atoms with Crippen molar-refractivity contribution < 1.29 is 13.9 Å². The van der Waals surface area contributed by atoms with Gasteiger partial charge in [0, 0.05) is 6.54 Å². The minimum atomic E-state index is -0.335. The third-order valence-electron chi connectivity index (χ3n) is 5.14. The van der Waals surface area contributed by atoms with Gasteiger partial charge in [0.15, 0.2) is 5.82 Å². The maximum atomic E-state index is 13.4. The molecule has 0 spiro atoms. The normalized spacial score (nSPS) is 16.4. The molecule has 2 aromatic heterocycles. The summed E-state index contributed by atoms with van der Waals surface area (Å²) in [5.74, 6) is 0.0836. The molecule has 156 valence electrons. The highest BCUT2D eigenvalue weighted by Gasteiger charge is 2.29. The lowest BCUT2D eigenvalue weighted by Gasteiger charge is -2.32. The van der Waals surface area contributed by atoms with Crippen molar-refractivity contribution in [2.24, 2.45) is 0 Å². The molecule has 1 unspecified atom stereocenters. The fraction of sp³-hybridized carbons (Fsp3) is 0.174. The molecule has 5 rings (SSSR count). The number of amides is 1. The van der Waals surface area contributed by atoms with Gasteiger partial charge in [-0.25, -0.2) is 14.1 Å². The van der Waals surface area contributed by atoms with Crippen molar-refractivity contribution in [2.45, 2.75) is 6.10 Å². The van der Waals surface area contributed by atoms with Gasteiger partial charge in [0.2, 0.25) is 5.82 Å². The predicted molar refractivity (Wildman–Crippen MR) is 116 cm³/mol. The second-order valence-electron chi connectivity index (χ2n) is 7.15. The standard InChI is InChI=1S/C23H19FN4O2S/c24-17-8-10-18(11-9-17)28-22(20-7-4-14-31-20)25-21(26-28)23(29)27-12-13-30-19(15-27)16-5-2-1-3-6-16/h1-11,14,19H,12-13,15H2. The molecule has 6 nitrogen and oxygen atoms in total. The number of thiophene rings is 1. The van der Waals surface area contributed by atoms with E-state index in [2.05, 4.69) is 10.1 Å². The summed E-state index contributed by atoms with van der Waals surface area (Å²) in [6.07, 6.45) is -0.185. The molecule has 1 fully saturated rings. The molecule has 0 saturated carbocycles. The van der Waals surface area contributed by atoms with Gasteiger partial charge in [-0.05, 0) is 41.3 Å². The van der Waals surface area contributed by atoms with Crippen LogP contribution in [0.4, 0.5) is 4.39 Å². The van der Waals surface area contributed by atoms with Gasteiger partial charge >= 0.3 is 0 Å². The number of carbonyl (C=O) groups is 1. The molecule has 0 aliphatic carbocycles. The van der Waals surface area contributed by atoms with Crippen LogP contribution in [0, 0.1) is 5.82 Å². The van der Waals surface area contributed by atoms with Crippen LogP contribution in [-0.4, -0.2) is 45.3 Å². The van der Waals surface area contributed by atoms with Crippen molar-refractivity contribution in [1.29, 1.82) is 0 Å². The van der Waals surface area contributed by atoms with Gasteiger partial charge in [0.25, 0.3) is 5.91 Å². The molecule has 1 amide bonds. The van der Waals surface area contributed by atoms with Crippen molar-refractivity contribution in [3.05, 3.63) is 89.3 Å². The summed E-state index contributed by atoms with van der Waals surface area (Å²) in [6.45, 7) is 1.35. The minimum Gasteiger partial charge on any atom is -0.370 e. The number of nitrogens with zero attached hydrogens (tertiary/aromatic N) is 4. The highest BCUT2D eigenvalue weighted by molar-refractivity contribution is 7.13. The Balaban J connectivity index is 1.46. The Kier molecular flexibility index (Phi) is 5.31. The Morgan fingerprint density at radius 1 is 1.06 bits per heavy atom. The van der Waals surface area contributed by atoms with E-state index in [1.807, 2.05) is 47.8 Å². The molecule has 1 atom stereocenters. The van der Waals surface area contributed by atoms with E-state index in [4.69, 9.17) is 4.74 Å². The summed E-state index contributed by atoms with van der Waals surface area (Å²) in [4.78, 5) is 20.4.